The Morgan fingerprint density at radius 3 is 1.85 bits per heavy atom. The van der Waals surface area contributed by atoms with Crippen molar-refractivity contribution in [1.82, 2.24) is 0 Å². The Labute approximate surface area is 163 Å². The summed E-state index contributed by atoms with van der Waals surface area (Å²) in [6.45, 7) is 7.23. The zero-order valence-corrected chi connectivity index (χ0v) is 18.0. The standard InChI is InChI=1S/C19H35O7P/c1-5-23-18(20)16(14-15-12-10-9-11-13-15)17(19(21)24-6-2)27(22,25-7-3)26-8-4/h15-17H,5-14H2,1-4H3. The zero-order valence-electron chi connectivity index (χ0n) is 17.1. The zero-order chi connectivity index (χ0) is 20.3. The molecule has 8 heteroatoms. The minimum Gasteiger partial charge on any atom is -0.466 e. The maximum absolute atomic E-state index is 13.5. The first-order valence-electron chi connectivity index (χ1n) is 10.1. The molecule has 0 radical (unpaired) electrons. The lowest BCUT2D eigenvalue weighted by atomic mass is 9.81. The number of carbonyl (C=O) groups excluding carboxylic acids is 2. The van der Waals surface area contributed by atoms with Crippen LogP contribution in [0.5, 0.6) is 0 Å². The van der Waals surface area contributed by atoms with Gasteiger partial charge in [0, 0.05) is 0 Å². The first-order chi connectivity index (χ1) is 12.9. The maximum Gasteiger partial charge on any atom is 0.345 e. The van der Waals surface area contributed by atoms with Crippen LogP contribution in [0.25, 0.3) is 0 Å². The summed E-state index contributed by atoms with van der Waals surface area (Å²) in [4.78, 5) is 25.5. The van der Waals surface area contributed by atoms with Crippen molar-refractivity contribution in [2.75, 3.05) is 26.4 Å². The summed E-state index contributed by atoms with van der Waals surface area (Å²) in [7, 11) is -3.89. The Bertz CT molecular complexity index is 492. The molecule has 0 aromatic heterocycles. The molecule has 7 nitrogen and oxygen atoms in total. The van der Waals surface area contributed by atoms with Crippen LogP contribution in [-0.4, -0.2) is 44.0 Å². The van der Waals surface area contributed by atoms with E-state index in [1.807, 2.05) is 0 Å². The summed E-state index contributed by atoms with van der Waals surface area (Å²) in [5.74, 6) is -1.89. The molecule has 1 fully saturated rings. The van der Waals surface area contributed by atoms with Gasteiger partial charge in [-0.1, -0.05) is 32.1 Å². The monoisotopic (exact) mass is 406 g/mol. The summed E-state index contributed by atoms with van der Waals surface area (Å²) in [5.41, 5.74) is -1.31. The van der Waals surface area contributed by atoms with E-state index in [0.717, 1.165) is 25.7 Å². The van der Waals surface area contributed by atoms with Gasteiger partial charge < -0.3 is 18.5 Å². The van der Waals surface area contributed by atoms with E-state index in [-0.39, 0.29) is 32.3 Å². The predicted octanol–water partition coefficient (Wildman–Crippen LogP) is 4.33. The van der Waals surface area contributed by atoms with Gasteiger partial charge in [-0.3, -0.25) is 14.2 Å². The topological polar surface area (TPSA) is 88.1 Å². The van der Waals surface area contributed by atoms with Crippen molar-refractivity contribution >= 4 is 19.5 Å². The van der Waals surface area contributed by atoms with Gasteiger partial charge in [0.15, 0.2) is 5.66 Å². The molecule has 0 saturated heterocycles. The van der Waals surface area contributed by atoms with Crippen molar-refractivity contribution in [3.63, 3.8) is 0 Å². The fourth-order valence-corrected chi connectivity index (χ4v) is 5.82. The smallest absolute Gasteiger partial charge is 0.345 e. The van der Waals surface area contributed by atoms with Crippen LogP contribution in [0.2, 0.25) is 0 Å². The summed E-state index contributed by atoms with van der Waals surface area (Å²) in [6.07, 6.45) is 5.76. The molecule has 158 valence electrons. The Morgan fingerprint density at radius 2 is 1.37 bits per heavy atom. The highest BCUT2D eigenvalue weighted by molar-refractivity contribution is 7.55. The van der Waals surface area contributed by atoms with E-state index in [1.165, 1.54) is 6.42 Å². The number of esters is 2. The second kappa shape index (κ2) is 12.5. The van der Waals surface area contributed by atoms with Gasteiger partial charge in [-0.25, -0.2) is 0 Å². The molecule has 0 aromatic rings. The van der Waals surface area contributed by atoms with E-state index in [4.69, 9.17) is 18.5 Å². The number of hydrogen-bond donors (Lipinski definition) is 0. The van der Waals surface area contributed by atoms with Gasteiger partial charge in [0.05, 0.1) is 32.3 Å². The highest BCUT2D eigenvalue weighted by atomic mass is 31.2. The first kappa shape index (κ1) is 24.1. The molecule has 0 bridgehead atoms. The number of hydrogen-bond acceptors (Lipinski definition) is 7. The van der Waals surface area contributed by atoms with Gasteiger partial charge in [-0.15, -0.1) is 0 Å². The van der Waals surface area contributed by atoms with Crippen LogP contribution in [0.3, 0.4) is 0 Å². The van der Waals surface area contributed by atoms with Crippen LogP contribution >= 0.6 is 7.60 Å². The highest BCUT2D eigenvalue weighted by Crippen LogP contribution is 2.57. The molecule has 2 unspecified atom stereocenters. The summed E-state index contributed by atoms with van der Waals surface area (Å²) in [5, 5.41) is 0. The molecular weight excluding hydrogens is 371 g/mol. The minimum atomic E-state index is -3.89. The second-order valence-corrected chi connectivity index (χ2v) is 8.82. The van der Waals surface area contributed by atoms with Gasteiger partial charge in [-0.2, -0.15) is 0 Å². The molecule has 1 aliphatic carbocycles. The van der Waals surface area contributed by atoms with Crippen molar-refractivity contribution in [2.45, 2.75) is 71.9 Å². The minimum absolute atomic E-state index is 0.103. The molecule has 0 spiro atoms. The largest absolute Gasteiger partial charge is 0.466 e. The third kappa shape index (κ3) is 7.20. The van der Waals surface area contributed by atoms with Crippen molar-refractivity contribution in [2.24, 2.45) is 11.8 Å². The van der Waals surface area contributed by atoms with Crippen molar-refractivity contribution in [1.29, 1.82) is 0 Å². The van der Waals surface area contributed by atoms with Gasteiger partial charge in [-0.05, 0) is 40.0 Å². The van der Waals surface area contributed by atoms with Crippen LogP contribution < -0.4 is 0 Å². The molecule has 1 aliphatic rings. The number of ether oxygens (including phenoxy) is 2. The lowest BCUT2D eigenvalue weighted by Gasteiger charge is -2.32. The van der Waals surface area contributed by atoms with Crippen LogP contribution in [0, 0.1) is 11.8 Å². The van der Waals surface area contributed by atoms with E-state index >= 15 is 0 Å². The van der Waals surface area contributed by atoms with Crippen LogP contribution in [0.4, 0.5) is 0 Å². The highest BCUT2D eigenvalue weighted by Gasteiger charge is 2.51. The summed E-state index contributed by atoms with van der Waals surface area (Å²) >= 11 is 0. The quantitative estimate of drug-likeness (QED) is 0.352. The lowest BCUT2D eigenvalue weighted by Crippen LogP contribution is -2.39. The summed E-state index contributed by atoms with van der Waals surface area (Å²) in [6, 6.07) is 0. The average Bonchev–Trinajstić information content (AvgIpc) is 2.63. The van der Waals surface area contributed by atoms with Crippen LogP contribution in [0.1, 0.15) is 66.2 Å². The van der Waals surface area contributed by atoms with Gasteiger partial charge in [0.25, 0.3) is 0 Å². The van der Waals surface area contributed by atoms with Crippen LogP contribution in [-0.2, 0) is 32.7 Å². The van der Waals surface area contributed by atoms with E-state index in [0.29, 0.717) is 6.42 Å². The van der Waals surface area contributed by atoms with E-state index < -0.39 is 31.1 Å². The number of carbonyl (C=O) groups is 2. The molecule has 1 saturated carbocycles. The number of rotatable bonds is 12. The predicted molar refractivity (Wildman–Crippen MR) is 103 cm³/mol. The van der Waals surface area contributed by atoms with Gasteiger partial charge in [0.1, 0.15) is 0 Å². The molecule has 0 N–H and O–H groups in total. The normalized spacial score (nSPS) is 17.9. The Kier molecular flexibility index (Phi) is 11.2. The van der Waals surface area contributed by atoms with E-state index in [1.54, 1.807) is 27.7 Å². The van der Waals surface area contributed by atoms with Crippen molar-refractivity contribution in [3.8, 4) is 0 Å². The molecule has 0 heterocycles. The summed E-state index contributed by atoms with van der Waals surface area (Å²) < 4.78 is 34.7. The molecular formula is C19H35O7P. The molecule has 2 atom stereocenters. The Morgan fingerprint density at radius 1 is 0.852 bits per heavy atom. The Hall–Kier alpha value is -0.910. The van der Waals surface area contributed by atoms with Gasteiger partial charge in [0.2, 0.25) is 0 Å². The van der Waals surface area contributed by atoms with Crippen molar-refractivity contribution < 1.29 is 32.7 Å². The molecule has 0 aliphatic heterocycles. The second-order valence-electron chi connectivity index (χ2n) is 6.67. The van der Waals surface area contributed by atoms with E-state index in [2.05, 4.69) is 0 Å². The maximum atomic E-state index is 13.5. The first-order valence-corrected chi connectivity index (χ1v) is 11.8. The molecule has 27 heavy (non-hydrogen) atoms. The van der Waals surface area contributed by atoms with Crippen LogP contribution in [0.15, 0.2) is 0 Å². The molecule has 0 aromatic carbocycles. The lowest BCUT2D eigenvalue weighted by molar-refractivity contribution is -0.155. The van der Waals surface area contributed by atoms with Crippen molar-refractivity contribution in [3.05, 3.63) is 0 Å². The fourth-order valence-electron chi connectivity index (χ4n) is 3.68. The third-order valence-corrected chi connectivity index (χ3v) is 7.26. The molecule has 0 amide bonds. The Balaban J connectivity index is 3.26. The molecule has 1 rings (SSSR count). The van der Waals surface area contributed by atoms with Gasteiger partial charge >= 0.3 is 19.5 Å². The third-order valence-electron chi connectivity index (χ3n) is 4.77. The SMILES string of the molecule is CCOC(=O)C(CC1CCCCC1)C(C(=O)OCC)P(=O)(OCC)OCC. The van der Waals surface area contributed by atoms with E-state index in [9.17, 15) is 14.2 Å². The average molecular weight is 406 g/mol. The fraction of sp³-hybridized carbons (Fsp3) is 0.895.